The molecule has 0 aliphatic rings. The SMILES string of the molecule is COc1ccc(N)c(S(=O)(=O)CC(=O)NC(C)(C)C)c1. The lowest BCUT2D eigenvalue weighted by Crippen LogP contribution is -2.43. The van der Waals surface area contributed by atoms with Crippen LogP contribution in [0.3, 0.4) is 0 Å². The number of carbonyl (C=O) groups is 1. The Kier molecular flexibility index (Phi) is 4.65. The van der Waals surface area contributed by atoms with E-state index >= 15 is 0 Å². The van der Waals surface area contributed by atoms with Crippen LogP contribution in [-0.2, 0) is 14.6 Å². The third-order valence-electron chi connectivity index (χ3n) is 2.39. The lowest BCUT2D eigenvalue weighted by Gasteiger charge is -2.20. The van der Waals surface area contributed by atoms with Gasteiger partial charge in [-0.2, -0.15) is 0 Å². The molecule has 7 heteroatoms. The Morgan fingerprint density at radius 1 is 1.35 bits per heavy atom. The molecule has 1 amide bonds. The average Bonchev–Trinajstić information content (AvgIpc) is 2.25. The summed E-state index contributed by atoms with van der Waals surface area (Å²) < 4.78 is 29.4. The van der Waals surface area contributed by atoms with Gasteiger partial charge in [-0.05, 0) is 32.9 Å². The molecule has 3 N–H and O–H groups in total. The van der Waals surface area contributed by atoms with Gasteiger partial charge in [-0.15, -0.1) is 0 Å². The lowest BCUT2D eigenvalue weighted by atomic mass is 10.1. The van der Waals surface area contributed by atoms with Gasteiger partial charge in [0, 0.05) is 11.6 Å². The Bertz CT molecular complexity index is 603. The van der Waals surface area contributed by atoms with Gasteiger partial charge in [0.15, 0.2) is 9.84 Å². The number of nitrogens with two attached hydrogens (primary N) is 1. The Labute approximate surface area is 119 Å². The molecule has 0 unspecified atom stereocenters. The smallest absolute Gasteiger partial charge is 0.235 e. The average molecular weight is 300 g/mol. The van der Waals surface area contributed by atoms with E-state index in [9.17, 15) is 13.2 Å². The summed E-state index contributed by atoms with van der Waals surface area (Å²) in [6.07, 6.45) is 0. The largest absolute Gasteiger partial charge is 0.497 e. The molecule has 1 aromatic rings. The molecule has 0 spiro atoms. The molecule has 0 saturated heterocycles. The number of hydrogen-bond donors (Lipinski definition) is 2. The van der Waals surface area contributed by atoms with Crippen LogP contribution < -0.4 is 15.8 Å². The molecule has 1 rings (SSSR count). The first kappa shape index (κ1) is 16.3. The molecule has 0 radical (unpaired) electrons. The standard InChI is InChI=1S/C13H20N2O4S/c1-13(2,3)15-12(16)8-20(17,18)11-7-9(19-4)5-6-10(11)14/h5-7H,8,14H2,1-4H3,(H,15,16). The van der Waals surface area contributed by atoms with Crippen molar-refractivity contribution < 1.29 is 17.9 Å². The quantitative estimate of drug-likeness (QED) is 0.807. The summed E-state index contributed by atoms with van der Waals surface area (Å²) in [7, 11) is -2.39. The molecular weight excluding hydrogens is 280 g/mol. The topological polar surface area (TPSA) is 98.5 Å². The molecule has 20 heavy (non-hydrogen) atoms. The van der Waals surface area contributed by atoms with Gasteiger partial charge in [-0.25, -0.2) is 8.42 Å². The van der Waals surface area contributed by atoms with Gasteiger partial charge < -0.3 is 15.8 Å². The Hall–Kier alpha value is -1.76. The number of anilines is 1. The number of carbonyl (C=O) groups excluding carboxylic acids is 1. The third kappa shape index (κ3) is 4.41. The van der Waals surface area contributed by atoms with Crippen LogP contribution in [0.2, 0.25) is 0 Å². The molecule has 0 atom stereocenters. The van der Waals surface area contributed by atoms with E-state index in [0.29, 0.717) is 5.75 Å². The van der Waals surface area contributed by atoms with Gasteiger partial charge >= 0.3 is 0 Å². The van der Waals surface area contributed by atoms with E-state index in [4.69, 9.17) is 10.5 Å². The molecular formula is C13H20N2O4S. The van der Waals surface area contributed by atoms with E-state index < -0.39 is 27.0 Å². The first-order chi connectivity index (χ1) is 9.05. The van der Waals surface area contributed by atoms with Gasteiger partial charge in [0.1, 0.15) is 11.5 Å². The fourth-order valence-corrected chi connectivity index (χ4v) is 2.91. The molecule has 112 valence electrons. The van der Waals surface area contributed by atoms with E-state index in [1.54, 1.807) is 26.8 Å². The van der Waals surface area contributed by atoms with Crippen molar-refractivity contribution in [1.29, 1.82) is 0 Å². The van der Waals surface area contributed by atoms with Gasteiger partial charge in [0.05, 0.1) is 17.7 Å². The number of ether oxygens (including phenoxy) is 1. The zero-order valence-corrected chi connectivity index (χ0v) is 12.9. The van der Waals surface area contributed by atoms with E-state index in [0.717, 1.165) is 0 Å². The predicted molar refractivity (Wildman–Crippen MR) is 77.4 cm³/mol. The molecule has 0 fully saturated rings. The molecule has 0 heterocycles. The van der Waals surface area contributed by atoms with Crippen molar-refractivity contribution in [2.45, 2.75) is 31.2 Å². The van der Waals surface area contributed by atoms with Crippen molar-refractivity contribution in [2.24, 2.45) is 0 Å². The van der Waals surface area contributed by atoms with Crippen LogP contribution in [0.5, 0.6) is 5.75 Å². The summed E-state index contributed by atoms with van der Waals surface area (Å²) in [6, 6.07) is 4.31. The van der Waals surface area contributed by atoms with E-state index in [-0.39, 0.29) is 10.6 Å². The number of sulfone groups is 1. The summed E-state index contributed by atoms with van der Waals surface area (Å²) in [5.41, 5.74) is 5.27. The number of amides is 1. The second-order valence-electron chi connectivity index (χ2n) is 5.46. The fourth-order valence-electron chi connectivity index (χ4n) is 1.62. The maximum atomic E-state index is 12.2. The van der Waals surface area contributed by atoms with Crippen LogP contribution in [0.25, 0.3) is 0 Å². The van der Waals surface area contributed by atoms with Crippen molar-refractivity contribution >= 4 is 21.4 Å². The maximum Gasteiger partial charge on any atom is 0.235 e. The third-order valence-corrected chi connectivity index (χ3v) is 4.06. The van der Waals surface area contributed by atoms with Crippen molar-refractivity contribution in [2.75, 3.05) is 18.6 Å². The minimum absolute atomic E-state index is 0.0920. The highest BCUT2D eigenvalue weighted by Gasteiger charge is 2.24. The minimum atomic E-state index is -3.81. The number of benzene rings is 1. The molecule has 0 aliphatic heterocycles. The zero-order valence-electron chi connectivity index (χ0n) is 12.1. The summed E-state index contributed by atoms with van der Waals surface area (Å²) >= 11 is 0. The number of nitrogens with one attached hydrogen (secondary N) is 1. The Balaban J connectivity index is 3.03. The first-order valence-electron chi connectivity index (χ1n) is 6.02. The van der Waals surface area contributed by atoms with Crippen molar-refractivity contribution in [3.8, 4) is 5.75 Å². The number of rotatable bonds is 4. The van der Waals surface area contributed by atoms with E-state index in [1.807, 2.05) is 0 Å². The van der Waals surface area contributed by atoms with Crippen LogP contribution >= 0.6 is 0 Å². The van der Waals surface area contributed by atoms with Gasteiger partial charge in [-0.3, -0.25) is 4.79 Å². The van der Waals surface area contributed by atoms with Crippen LogP contribution in [0.4, 0.5) is 5.69 Å². The first-order valence-corrected chi connectivity index (χ1v) is 7.68. The molecule has 0 aromatic heterocycles. The lowest BCUT2D eigenvalue weighted by molar-refractivity contribution is -0.120. The highest BCUT2D eigenvalue weighted by atomic mass is 32.2. The van der Waals surface area contributed by atoms with Crippen LogP contribution in [0.1, 0.15) is 20.8 Å². The predicted octanol–water partition coefficient (Wildman–Crippen LogP) is 0.966. The van der Waals surface area contributed by atoms with Crippen LogP contribution in [-0.4, -0.2) is 32.7 Å². The highest BCUT2D eigenvalue weighted by molar-refractivity contribution is 7.92. The highest BCUT2D eigenvalue weighted by Crippen LogP contribution is 2.25. The monoisotopic (exact) mass is 300 g/mol. The van der Waals surface area contributed by atoms with Gasteiger partial charge in [0.2, 0.25) is 5.91 Å². The number of methoxy groups -OCH3 is 1. The second kappa shape index (κ2) is 5.70. The molecule has 1 aromatic carbocycles. The minimum Gasteiger partial charge on any atom is -0.497 e. The van der Waals surface area contributed by atoms with E-state index in [1.165, 1.54) is 19.2 Å². The summed E-state index contributed by atoms with van der Waals surface area (Å²) in [5.74, 6) is -0.851. The summed E-state index contributed by atoms with van der Waals surface area (Å²) in [4.78, 5) is 11.7. The molecule has 0 aliphatic carbocycles. The zero-order chi connectivity index (χ0) is 15.6. The van der Waals surface area contributed by atoms with Gasteiger partial charge in [-0.1, -0.05) is 0 Å². The molecule has 0 saturated carbocycles. The Morgan fingerprint density at radius 3 is 2.45 bits per heavy atom. The summed E-state index contributed by atoms with van der Waals surface area (Å²) in [6.45, 7) is 5.33. The Morgan fingerprint density at radius 2 is 1.95 bits per heavy atom. The van der Waals surface area contributed by atoms with Crippen molar-refractivity contribution in [3.63, 3.8) is 0 Å². The van der Waals surface area contributed by atoms with Crippen molar-refractivity contribution in [1.82, 2.24) is 5.32 Å². The van der Waals surface area contributed by atoms with Crippen LogP contribution in [0, 0.1) is 0 Å². The normalized spacial score (nSPS) is 12.0. The van der Waals surface area contributed by atoms with Gasteiger partial charge in [0.25, 0.3) is 0 Å². The fraction of sp³-hybridized carbons (Fsp3) is 0.462. The summed E-state index contributed by atoms with van der Waals surface area (Å²) in [5, 5.41) is 2.60. The van der Waals surface area contributed by atoms with Crippen molar-refractivity contribution in [3.05, 3.63) is 18.2 Å². The van der Waals surface area contributed by atoms with Crippen LogP contribution in [0.15, 0.2) is 23.1 Å². The maximum absolute atomic E-state index is 12.2. The number of hydrogen-bond acceptors (Lipinski definition) is 5. The molecule has 6 nitrogen and oxygen atoms in total. The second-order valence-corrected chi connectivity index (χ2v) is 7.42. The number of nitrogen functional groups attached to an aromatic ring is 1. The molecule has 0 bridgehead atoms. The van der Waals surface area contributed by atoms with E-state index in [2.05, 4.69) is 5.32 Å².